The molecule has 0 fully saturated rings. The molecular weight excluding hydrogens is 347 g/mol. The van der Waals surface area contributed by atoms with Crippen LogP contribution in [0.4, 0.5) is 11.4 Å². The lowest BCUT2D eigenvalue weighted by Crippen LogP contribution is -2.50. The Morgan fingerprint density at radius 3 is 2.68 bits per heavy atom. The molecule has 0 bridgehead atoms. The van der Waals surface area contributed by atoms with Crippen molar-refractivity contribution in [2.75, 3.05) is 4.81 Å². The molecule has 5 heteroatoms. The standard InChI is InChI=1S/C23H13BN2O2/c1-3-7-19-15(5-1)14-9-10-25-13-18(14)24-26(19)20-12-22-17(11-23(20)28-24)16-6-2-4-8-21(16)27-22/h1-13H. The quantitative estimate of drug-likeness (QED) is 0.369. The highest BCUT2D eigenvalue weighted by atomic mass is 16.5. The molecule has 28 heavy (non-hydrogen) atoms. The minimum Gasteiger partial charge on any atom is -0.536 e. The highest BCUT2D eigenvalue weighted by Gasteiger charge is 2.45. The summed E-state index contributed by atoms with van der Waals surface area (Å²) in [7, 11) is -0.216. The summed E-state index contributed by atoms with van der Waals surface area (Å²) >= 11 is 0. The molecule has 0 radical (unpaired) electrons. The summed E-state index contributed by atoms with van der Waals surface area (Å²) in [6.07, 6.45) is 3.75. The van der Waals surface area contributed by atoms with Gasteiger partial charge in [-0.2, -0.15) is 0 Å². The number of hydrogen-bond acceptors (Lipinski definition) is 4. The van der Waals surface area contributed by atoms with Crippen LogP contribution in [0.3, 0.4) is 0 Å². The van der Waals surface area contributed by atoms with Gasteiger partial charge in [0.2, 0.25) is 0 Å². The molecule has 130 valence electrons. The summed E-state index contributed by atoms with van der Waals surface area (Å²) in [5.41, 5.74) is 7.38. The van der Waals surface area contributed by atoms with Crippen LogP contribution in [0.5, 0.6) is 5.75 Å². The number of fused-ring (bicyclic) bond motifs is 11. The fourth-order valence-electron chi connectivity index (χ4n) is 4.54. The summed E-state index contributed by atoms with van der Waals surface area (Å²) in [6, 6.07) is 22.8. The lowest BCUT2D eigenvalue weighted by Gasteiger charge is -2.30. The highest BCUT2D eigenvalue weighted by Crippen LogP contribution is 2.49. The zero-order valence-electron chi connectivity index (χ0n) is 14.8. The molecule has 0 spiro atoms. The number of anilines is 2. The fourth-order valence-corrected chi connectivity index (χ4v) is 4.54. The topological polar surface area (TPSA) is 38.5 Å². The third-order valence-electron chi connectivity index (χ3n) is 5.76. The molecule has 2 aliphatic rings. The van der Waals surface area contributed by atoms with Crippen molar-refractivity contribution in [2.24, 2.45) is 0 Å². The first-order valence-electron chi connectivity index (χ1n) is 9.33. The Labute approximate surface area is 161 Å². The smallest absolute Gasteiger partial charge is 0.526 e. The Kier molecular flexibility index (Phi) is 2.54. The van der Waals surface area contributed by atoms with Crippen LogP contribution in [0.15, 0.2) is 83.5 Å². The van der Waals surface area contributed by atoms with Gasteiger partial charge in [-0.15, -0.1) is 0 Å². The molecule has 4 heterocycles. The minimum atomic E-state index is -0.216. The summed E-state index contributed by atoms with van der Waals surface area (Å²) in [5.74, 6) is 0.871. The van der Waals surface area contributed by atoms with E-state index >= 15 is 0 Å². The Hall–Kier alpha value is -3.73. The summed E-state index contributed by atoms with van der Waals surface area (Å²) < 4.78 is 12.6. The average molecular weight is 360 g/mol. The number of nitrogens with zero attached hydrogens (tertiary/aromatic N) is 2. The molecule has 7 rings (SSSR count). The number of furan rings is 1. The number of hydrogen-bond donors (Lipinski definition) is 0. The molecule has 0 aliphatic carbocycles. The summed E-state index contributed by atoms with van der Waals surface area (Å²) in [5, 5.41) is 2.19. The van der Waals surface area contributed by atoms with E-state index < -0.39 is 0 Å². The maximum absolute atomic E-state index is 6.46. The van der Waals surface area contributed by atoms with Crippen molar-refractivity contribution in [3.05, 3.63) is 79.1 Å². The van der Waals surface area contributed by atoms with Crippen molar-refractivity contribution >= 4 is 45.8 Å². The van der Waals surface area contributed by atoms with Gasteiger partial charge in [0.1, 0.15) is 16.9 Å². The van der Waals surface area contributed by atoms with E-state index in [9.17, 15) is 0 Å². The second-order valence-electron chi connectivity index (χ2n) is 7.23. The predicted octanol–water partition coefficient (Wildman–Crippen LogP) is 4.89. The van der Waals surface area contributed by atoms with Gasteiger partial charge in [-0.1, -0.05) is 36.4 Å². The van der Waals surface area contributed by atoms with Crippen LogP contribution in [0.25, 0.3) is 33.1 Å². The van der Waals surface area contributed by atoms with E-state index in [-0.39, 0.29) is 7.05 Å². The highest BCUT2D eigenvalue weighted by molar-refractivity contribution is 6.77. The third kappa shape index (κ3) is 1.69. The monoisotopic (exact) mass is 360 g/mol. The number of rotatable bonds is 0. The lowest BCUT2D eigenvalue weighted by atomic mass is 9.65. The summed E-state index contributed by atoms with van der Waals surface area (Å²) in [4.78, 5) is 6.61. The van der Waals surface area contributed by atoms with Crippen LogP contribution in [-0.2, 0) is 0 Å². The van der Waals surface area contributed by atoms with E-state index in [0.717, 1.165) is 44.5 Å². The van der Waals surface area contributed by atoms with Crippen molar-refractivity contribution in [1.82, 2.24) is 4.98 Å². The molecule has 0 saturated carbocycles. The van der Waals surface area contributed by atoms with Crippen molar-refractivity contribution in [1.29, 1.82) is 0 Å². The molecular formula is C23H13BN2O2. The maximum atomic E-state index is 6.46. The molecule has 0 saturated heterocycles. The molecule has 2 aromatic heterocycles. The number of para-hydroxylation sites is 2. The van der Waals surface area contributed by atoms with E-state index in [2.05, 4.69) is 58.3 Å². The van der Waals surface area contributed by atoms with Crippen LogP contribution < -0.4 is 14.9 Å². The maximum Gasteiger partial charge on any atom is 0.526 e. The molecule has 3 aromatic carbocycles. The zero-order chi connectivity index (χ0) is 18.2. The molecule has 0 N–H and O–H groups in total. The van der Waals surface area contributed by atoms with E-state index in [1.165, 1.54) is 11.1 Å². The van der Waals surface area contributed by atoms with E-state index in [1.807, 2.05) is 30.6 Å². The molecule has 5 aromatic rings. The average Bonchev–Trinajstić information content (AvgIpc) is 3.30. The van der Waals surface area contributed by atoms with Crippen LogP contribution in [0.2, 0.25) is 0 Å². The second-order valence-corrected chi connectivity index (χ2v) is 7.23. The normalized spacial score (nSPS) is 13.9. The summed E-state index contributed by atoms with van der Waals surface area (Å²) in [6.45, 7) is 0. The minimum absolute atomic E-state index is 0.216. The van der Waals surface area contributed by atoms with Crippen molar-refractivity contribution < 1.29 is 9.07 Å². The predicted molar refractivity (Wildman–Crippen MR) is 112 cm³/mol. The van der Waals surface area contributed by atoms with Gasteiger partial charge in [-0.3, -0.25) is 4.98 Å². The Morgan fingerprint density at radius 1 is 0.786 bits per heavy atom. The Morgan fingerprint density at radius 2 is 1.68 bits per heavy atom. The van der Waals surface area contributed by atoms with Crippen LogP contribution >= 0.6 is 0 Å². The van der Waals surface area contributed by atoms with Gasteiger partial charge >= 0.3 is 7.05 Å². The van der Waals surface area contributed by atoms with Gasteiger partial charge < -0.3 is 13.9 Å². The van der Waals surface area contributed by atoms with Gasteiger partial charge in [-0.05, 0) is 29.8 Å². The largest absolute Gasteiger partial charge is 0.536 e. The second kappa shape index (κ2) is 4.96. The van der Waals surface area contributed by atoms with E-state index in [1.54, 1.807) is 0 Å². The van der Waals surface area contributed by atoms with Crippen molar-refractivity contribution in [3.8, 4) is 16.9 Å². The Balaban J connectivity index is 1.53. The first-order valence-corrected chi connectivity index (χ1v) is 9.33. The van der Waals surface area contributed by atoms with Gasteiger partial charge in [0, 0.05) is 45.9 Å². The third-order valence-corrected chi connectivity index (χ3v) is 5.76. The van der Waals surface area contributed by atoms with Crippen LogP contribution in [0.1, 0.15) is 0 Å². The molecule has 0 amide bonds. The van der Waals surface area contributed by atoms with Gasteiger partial charge in [0.15, 0.2) is 0 Å². The van der Waals surface area contributed by atoms with Gasteiger partial charge in [0.05, 0.1) is 5.69 Å². The SMILES string of the molecule is c1ccc2c(c1)-c1ccncc1B1Oc3cc4c(cc3N12)oc1ccccc14. The van der Waals surface area contributed by atoms with Gasteiger partial charge in [-0.25, -0.2) is 0 Å². The Bertz CT molecular complexity index is 1430. The molecule has 0 unspecified atom stereocenters. The fraction of sp³-hybridized carbons (Fsp3) is 0. The lowest BCUT2D eigenvalue weighted by molar-refractivity contribution is 0.603. The van der Waals surface area contributed by atoms with Crippen molar-refractivity contribution in [3.63, 3.8) is 0 Å². The first-order chi connectivity index (χ1) is 13.9. The molecule has 4 nitrogen and oxygen atoms in total. The number of benzene rings is 3. The number of pyridine rings is 1. The molecule has 0 atom stereocenters. The van der Waals surface area contributed by atoms with E-state index in [4.69, 9.17) is 9.07 Å². The van der Waals surface area contributed by atoms with E-state index in [0.29, 0.717) is 0 Å². The molecule has 2 aliphatic heterocycles. The van der Waals surface area contributed by atoms with Crippen molar-refractivity contribution in [2.45, 2.75) is 0 Å². The van der Waals surface area contributed by atoms with Crippen LogP contribution in [0, 0.1) is 0 Å². The number of aromatic nitrogens is 1. The zero-order valence-corrected chi connectivity index (χ0v) is 14.8. The van der Waals surface area contributed by atoms with Gasteiger partial charge in [0.25, 0.3) is 0 Å². The van der Waals surface area contributed by atoms with Crippen LogP contribution in [-0.4, -0.2) is 12.0 Å². The first kappa shape index (κ1) is 14.3.